The molecule has 2 N–H and O–H groups in total. The van der Waals surface area contributed by atoms with Crippen molar-refractivity contribution in [1.82, 2.24) is 15.2 Å². The molecule has 3 aromatic rings. The Morgan fingerprint density at radius 2 is 1.71 bits per heavy atom. The number of aromatic nitrogens is 3. The van der Waals surface area contributed by atoms with E-state index >= 15 is 0 Å². The Morgan fingerprint density at radius 1 is 1.04 bits per heavy atom. The maximum absolute atomic E-state index is 14.0. The third kappa shape index (κ3) is 3.07. The number of rotatable bonds is 4. The first-order valence-corrected chi connectivity index (χ1v) is 7.01. The van der Waals surface area contributed by atoms with E-state index < -0.39 is 28.8 Å². The summed E-state index contributed by atoms with van der Waals surface area (Å²) < 4.78 is 27.9. The number of hydrogen-bond acceptors (Lipinski definition) is 3. The highest BCUT2D eigenvalue weighted by molar-refractivity contribution is 6.06. The molecule has 0 unspecified atom stereocenters. The number of aromatic amines is 2. The zero-order valence-electron chi connectivity index (χ0n) is 12.3. The second-order valence-corrected chi connectivity index (χ2v) is 4.95. The molecule has 0 atom stereocenters. The molecule has 24 heavy (non-hydrogen) atoms. The number of para-hydroxylation sites is 1. The summed E-state index contributed by atoms with van der Waals surface area (Å²) in [6.45, 7) is -0.157. The lowest BCUT2D eigenvalue weighted by atomic mass is 10.1. The number of anilines is 1. The van der Waals surface area contributed by atoms with Crippen LogP contribution < -0.4 is 10.6 Å². The van der Waals surface area contributed by atoms with Crippen molar-refractivity contribution in [3.05, 3.63) is 82.0 Å². The number of halogens is 2. The van der Waals surface area contributed by atoms with E-state index in [-0.39, 0.29) is 12.4 Å². The minimum Gasteiger partial charge on any atom is -0.301 e. The highest BCUT2D eigenvalue weighted by atomic mass is 19.1. The summed E-state index contributed by atoms with van der Waals surface area (Å²) in [4.78, 5) is 27.4. The van der Waals surface area contributed by atoms with Gasteiger partial charge in [-0.2, -0.15) is 5.10 Å². The number of carbonyl (C=O) groups excluding carboxylic acids is 1. The van der Waals surface area contributed by atoms with Crippen molar-refractivity contribution >= 4 is 11.6 Å². The third-order valence-corrected chi connectivity index (χ3v) is 3.35. The van der Waals surface area contributed by atoms with E-state index in [0.717, 1.165) is 17.0 Å². The van der Waals surface area contributed by atoms with Crippen molar-refractivity contribution in [2.45, 2.75) is 6.54 Å². The summed E-state index contributed by atoms with van der Waals surface area (Å²) in [6, 6.07) is 11.5. The average molecular weight is 330 g/mol. The van der Waals surface area contributed by atoms with E-state index in [4.69, 9.17) is 0 Å². The molecule has 0 aliphatic rings. The maximum atomic E-state index is 14.0. The number of amides is 1. The molecule has 0 bridgehead atoms. The lowest BCUT2D eigenvalue weighted by Gasteiger charge is -2.22. The molecule has 0 saturated heterocycles. The standard InChI is InChI=1S/C16H12F2N4O2/c17-11-7-4-8-12(18)14(11)15(23)22(10-5-2-1-3-6-10)9-13-19-16(24)21-20-13/h1-8H,9H2,(H2,19,20,21,24). The lowest BCUT2D eigenvalue weighted by Crippen LogP contribution is -2.32. The fourth-order valence-corrected chi connectivity index (χ4v) is 2.26. The van der Waals surface area contributed by atoms with Crippen molar-refractivity contribution < 1.29 is 13.6 Å². The summed E-state index contributed by atoms with van der Waals surface area (Å²) in [7, 11) is 0. The quantitative estimate of drug-likeness (QED) is 0.769. The molecule has 122 valence electrons. The first-order valence-electron chi connectivity index (χ1n) is 7.01. The van der Waals surface area contributed by atoms with Crippen LogP contribution in [0.3, 0.4) is 0 Å². The predicted molar refractivity (Wildman–Crippen MR) is 82.5 cm³/mol. The highest BCUT2D eigenvalue weighted by Gasteiger charge is 2.25. The Hall–Kier alpha value is -3.29. The van der Waals surface area contributed by atoms with Crippen LogP contribution in [-0.4, -0.2) is 21.1 Å². The minimum absolute atomic E-state index is 0.157. The van der Waals surface area contributed by atoms with Crippen LogP contribution in [0.2, 0.25) is 0 Å². The van der Waals surface area contributed by atoms with Crippen LogP contribution in [0.5, 0.6) is 0 Å². The fraction of sp³-hybridized carbons (Fsp3) is 0.0625. The molecule has 0 saturated carbocycles. The van der Waals surface area contributed by atoms with E-state index in [1.807, 2.05) is 0 Å². The van der Waals surface area contributed by atoms with Gasteiger partial charge in [-0.15, -0.1) is 0 Å². The predicted octanol–water partition coefficient (Wildman–Crippen LogP) is 2.22. The van der Waals surface area contributed by atoms with Crippen LogP contribution in [0.1, 0.15) is 16.2 Å². The van der Waals surface area contributed by atoms with Crippen LogP contribution in [-0.2, 0) is 6.54 Å². The van der Waals surface area contributed by atoms with E-state index in [0.29, 0.717) is 5.69 Å². The fourth-order valence-electron chi connectivity index (χ4n) is 2.26. The van der Waals surface area contributed by atoms with Crippen LogP contribution in [0.4, 0.5) is 14.5 Å². The average Bonchev–Trinajstić information content (AvgIpc) is 2.98. The molecule has 1 aromatic heterocycles. The first kappa shape index (κ1) is 15.6. The van der Waals surface area contributed by atoms with E-state index in [2.05, 4.69) is 15.2 Å². The topological polar surface area (TPSA) is 81.8 Å². The number of benzene rings is 2. The zero-order chi connectivity index (χ0) is 17.1. The van der Waals surface area contributed by atoms with Crippen LogP contribution in [0, 0.1) is 11.6 Å². The van der Waals surface area contributed by atoms with Crippen molar-refractivity contribution in [1.29, 1.82) is 0 Å². The number of carbonyl (C=O) groups is 1. The lowest BCUT2D eigenvalue weighted by molar-refractivity contribution is 0.0976. The second-order valence-electron chi connectivity index (χ2n) is 4.95. The third-order valence-electron chi connectivity index (χ3n) is 3.35. The number of hydrogen-bond donors (Lipinski definition) is 2. The summed E-state index contributed by atoms with van der Waals surface area (Å²) in [6.07, 6.45) is 0. The molecule has 8 heteroatoms. The van der Waals surface area contributed by atoms with Gasteiger partial charge in [-0.25, -0.2) is 18.7 Å². The summed E-state index contributed by atoms with van der Waals surface area (Å²) in [5.41, 5.74) is -0.796. The van der Waals surface area contributed by atoms with Gasteiger partial charge < -0.3 is 4.90 Å². The molecule has 6 nitrogen and oxygen atoms in total. The monoisotopic (exact) mass is 330 g/mol. The van der Waals surface area contributed by atoms with Gasteiger partial charge in [0, 0.05) is 5.69 Å². The van der Waals surface area contributed by atoms with Crippen molar-refractivity contribution in [3.8, 4) is 0 Å². The van der Waals surface area contributed by atoms with Gasteiger partial charge in [0.05, 0.1) is 6.54 Å². The smallest absolute Gasteiger partial charge is 0.301 e. The summed E-state index contributed by atoms with van der Waals surface area (Å²) in [5, 5.41) is 5.91. The van der Waals surface area contributed by atoms with Gasteiger partial charge in [-0.3, -0.25) is 9.78 Å². The number of H-pyrrole nitrogens is 2. The van der Waals surface area contributed by atoms with Gasteiger partial charge >= 0.3 is 5.69 Å². The minimum atomic E-state index is -0.962. The van der Waals surface area contributed by atoms with Crippen LogP contribution in [0.25, 0.3) is 0 Å². The number of nitrogens with zero attached hydrogens (tertiary/aromatic N) is 2. The Bertz CT molecular complexity index is 901. The van der Waals surface area contributed by atoms with E-state index in [1.54, 1.807) is 30.3 Å². The van der Waals surface area contributed by atoms with Gasteiger partial charge in [0.15, 0.2) is 5.82 Å². The zero-order valence-corrected chi connectivity index (χ0v) is 12.3. The molecular weight excluding hydrogens is 318 g/mol. The molecule has 3 rings (SSSR count). The molecule has 0 aliphatic carbocycles. The highest BCUT2D eigenvalue weighted by Crippen LogP contribution is 2.21. The van der Waals surface area contributed by atoms with E-state index in [1.165, 1.54) is 6.07 Å². The molecule has 2 aromatic carbocycles. The Morgan fingerprint density at radius 3 is 2.29 bits per heavy atom. The number of nitrogens with one attached hydrogen (secondary N) is 2. The molecule has 0 fully saturated rings. The van der Waals surface area contributed by atoms with Crippen LogP contribution in [0.15, 0.2) is 53.3 Å². The van der Waals surface area contributed by atoms with Crippen molar-refractivity contribution in [2.75, 3.05) is 4.90 Å². The van der Waals surface area contributed by atoms with E-state index in [9.17, 15) is 18.4 Å². The first-order chi connectivity index (χ1) is 11.6. The summed E-state index contributed by atoms with van der Waals surface area (Å²) in [5.74, 6) is -2.64. The van der Waals surface area contributed by atoms with Gasteiger partial charge in [-0.1, -0.05) is 24.3 Å². The normalized spacial score (nSPS) is 10.6. The van der Waals surface area contributed by atoms with Gasteiger partial charge in [0.25, 0.3) is 5.91 Å². The van der Waals surface area contributed by atoms with Crippen molar-refractivity contribution in [3.63, 3.8) is 0 Å². The molecule has 0 radical (unpaired) electrons. The largest absolute Gasteiger partial charge is 0.340 e. The Kier molecular flexibility index (Phi) is 4.19. The molecule has 0 aliphatic heterocycles. The van der Waals surface area contributed by atoms with Crippen LogP contribution >= 0.6 is 0 Å². The molecule has 1 heterocycles. The maximum Gasteiger partial charge on any atom is 0.340 e. The Labute approximate surface area is 134 Å². The molecule has 1 amide bonds. The molecule has 0 spiro atoms. The van der Waals surface area contributed by atoms with Gasteiger partial charge in [0.2, 0.25) is 0 Å². The summed E-state index contributed by atoms with van der Waals surface area (Å²) >= 11 is 0. The second kappa shape index (κ2) is 6.45. The molecular formula is C16H12F2N4O2. The van der Waals surface area contributed by atoms with Gasteiger partial charge in [-0.05, 0) is 24.3 Å². The SMILES string of the molecule is O=C(c1c(F)cccc1F)N(Cc1n[nH]c(=O)[nH]1)c1ccccc1. The Balaban J connectivity index is 2.04. The van der Waals surface area contributed by atoms with Gasteiger partial charge in [0.1, 0.15) is 17.2 Å². The van der Waals surface area contributed by atoms with Crippen molar-refractivity contribution in [2.24, 2.45) is 0 Å².